The van der Waals surface area contributed by atoms with Crippen LogP contribution < -0.4 is 10.2 Å². The first-order valence-corrected chi connectivity index (χ1v) is 8.31. The van der Waals surface area contributed by atoms with E-state index in [9.17, 15) is 9.59 Å². The average Bonchev–Trinajstić information content (AvgIpc) is 3.19. The van der Waals surface area contributed by atoms with Crippen molar-refractivity contribution < 1.29 is 18.7 Å². The van der Waals surface area contributed by atoms with Gasteiger partial charge in [-0.1, -0.05) is 18.2 Å². The number of para-hydroxylation sites is 1. The van der Waals surface area contributed by atoms with Gasteiger partial charge in [0.2, 0.25) is 0 Å². The molecule has 0 aliphatic carbocycles. The molecule has 2 aromatic rings. The molecule has 1 aromatic carbocycles. The molecule has 0 bridgehead atoms. The van der Waals surface area contributed by atoms with Crippen LogP contribution in [0.15, 0.2) is 41.0 Å². The molecule has 1 aliphatic rings. The molecule has 1 aliphatic heterocycles. The number of amides is 1. The minimum atomic E-state index is -0.734. The van der Waals surface area contributed by atoms with Gasteiger partial charge in [0, 0.05) is 23.8 Å². The zero-order chi connectivity index (χ0) is 18.0. The van der Waals surface area contributed by atoms with Crippen molar-refractivity contribution in [3.63, 3.8) is 0 Å². The molecule has 6 nitrogen and oxygen atoms in total. The molecule has 1 aromatic heterocycles. The number of furan rings is 1. The van der Waals surface area contributed by atoms with Gasteiger partial charge in [0.15, 0.2) is 5.76 Å². The molecule has 25 heavy (non-hydrogen) atoms. The van der Waals surface area contributed by atoms with Crippen LogP contribution in [0, 0.1) is 0 Å². The number of ether oxygens (including phenoxy) is 1. The summed E-state index contributed by atoms with van der Waals surface area (Å²) in [5, 5.41) is 2.60. The van der Waals surface area contributed by atoms with Crippen LogP contribution in [0.5, 0.6) is 0 Å². The summed E-state index contributed by atoms with van der Waals surface area (Å²) in [6.07, 6.45) is 2.48. The minimum absolute atomic E-state index is 0.229. The van der Waals surface area contributed by atoms with Crippen molar-refractivity contribution in [1.82, 2.24) is 5.32 Å². The predicted octanol–water partition coefficient (Wildman–Crippen LogP) is 2.52. The highest BCUT2D eigenvalue weighted by atomic mass is 16.5. The first-order chi connectivity index (χ1) is 12.0. The number of nitrogens with zero attached hydrogens (tertiary/aromatic N) is 1. The van der Waals surface area contributed by atoms with E-state index in [1.807, 2.05) is 12.1 Å². The standard InChI is InChI=1S/C19H22N2O4/c1-12-10-14-6-4-5-7-16(14)21(12)11-15-8-9-25-17(15)18(22)20-13(2)19(23)24-3/h4-9,12-13H,10-11H2,1-3H3,(H,20,22)/t12?,13-/m1/s1. The molecule has 132 valence electrons. The van der Waals surface area contributed by atoms with Crippen LogP contribution in [0.1, 0.15) is 35.5 Å². The van der Waals surface area contributed by atoms with E-state index in [-0.39, 0.29) is 5.76 Å². The van der Waals surface area contributed by atoms with Crippen molar-refractivity contribution in [2.24, 2.45) is 0 Å². The van der Waals surface area contributed by atoms with E-state index in [4.69, 9.17) is 4.42 Å². The molecule has 2 atom stereocenters. The number of hydrogen-bond acceptors (Lipinski definition) is 5. The number of methoxy groups -OCH3 is 1. The Balaban J connectivity index is 1.76. The second-order valence-electron chi connectivity index (χ2n) is 6.30. The van der Waals surface area contributed by atoms with E-state index in [0.717, 1.165) is 12.0 Å². The molecule has 3 rings (SSSR count). The Kier molecular flexibility index (Phi) is 4.79. The van der Waals surface area contributed by atoms with Crippen molar-refractivity contribution in [2.75, 3.05) is 12.0 Å². The number of esters is 1. The quantitative estimate of drug-likeness (QED) is 0.846. The number of anilines is 1. The van der Waals surface area contributed by atoms with Gasteiger partial charge in [-0.15, -0.1) is 0 Å². The smallest absolute Gasteiger partial charge is 0.328 e. The molecule has 1 N–H and O–H groups in total. The van der Waals surface area contributed by atoms with Gasteiger partial charge in [0.1, 0.15) is 6.04 Å². The van der Waals surface area contributed by atoms with Crippen LogP contribution in [-0.4, -0.2) is 31.1 Å². The van der Waals surface area contributed by atoms with E-state index >= 15 is 0 Å². The Morgan fingerprint density at radius 1 is 1.36 bits per heavy atom. The zero-order valence-electron chi connectivity index (χ0n) is 14.6. The maximum absolute atomic E-state index is 12.4. The zero-order valence-corrected chi connectivity index (χ0v) is 14.6. The summed E-state index contributed by atoms with van der Waals surface area (Å²) >= 11 is 0. The van der Waals surface area contributed by atoms with Gasteiger partial charge in [-0.05, 0) is 38.0 Å². The van der Waals surface area contributed by atoms with Gasteiger partial charge >= 0.3 is 5.97 Å². The molecule has 1 unspecified atom stereocenters. The van der Waals surface area contributed by atoms with Crippen LogP contribution in [0.3, 0.4) is 0 Å². The number of hydrogen-bond donors (Lipinski definition) is 1. The van der Waals surface area contributed by atoms with Gasteiger partial charge in [-0.2, -0.15) is 0 Å². The van der Waals surface area contributed by atoms with Gasteiger partial charge in [0.25, 0.3) is 5.91 Å². The summed E-state index contributed by atoms with van der Waals surface area (Å²) in [5.74, 6) is -0.686. The van der Waals surface area contributed by atoms with Crippen molar-refractivity contribution in [3.05, 3.63) is 53.5 Å². The van der Waals surface area contributed by atoms with E-state index in [1.54, 1.807) is 13.0 Å². The van der Waals surface area contributed by atoms with Crippen LogP contribution in [0.2, 0.25) is 0 Å². The highest BCUT2D eigenvalue weighted by molar-refractivity contribution is 5.95. The number of fused-ring (bicyclic) bond motifs is 1. The van der Waals surface area contributed by atoms with Gasteiger partial charge in [-0.3, -0.25) is 4.79 Å². The molecule has 0 saturated carbocycles. The normalized spacial score (nSPS) is 17.1. The van der Waals surface area contributed by atoms with Crippen molar-refractivity contribution in [1.29, 1.82) is 0 Å². The Morgan fingerprint density at radius 3 is 2.88 bits per heavy atom. The second-order valence-corrected chi connectivity index (χ2v) is 6.30. The number of carbonyl (C=O) groups excluding carboxylic acids is 2. The van der Waals surface area contributed by atoms with E-state index in [0.29, 0.717) is 12.6 Å². The lowest BCUT2D eigenvalue weighted by molar-refractivity contribution is -0.142. The van der Waals surface area contributed by atoms with Crippen molar-refractivity contribution >= 4 is 17.6 Å². The maximum Gasteiger partial charge on any atom is 0.328 e. The van der Waals surface area contributed by atoms with Crippen molar-refractivity contribution in [3.8, 4) is 0 Å². The number of rotatable bonds is 5. The Hall–Kier alpha value is -2.76. The molecule has 6 heteroatoms. The second kappa shape index (κ2) is 7.01. The third kappa shape index (κ3) is 3.38. The molecule has 0 radical (unpaired) electrons. The van der Waals surface area contributed by atoms with E-state index in [2.05, 4.69) is 34.0 Å². The fourth-order valence-electron chi connectivity index (χ4n) is 3.21. The van der Waals surface area contributed by atoms with Crippen LogP contribution in [-0.2, 0) is 22.5 Å². The third-order valence-corrected chi connectivity index (χ3v) is 4.54. The molecule has 2 heterocycles. The monoisotopic (exact) mass is 342 g/mol. The fraction of sp³-hybridized carbons (Fsp3) is 0.368. The van der Waals surface area contributed by atoms with Crippen LogP contribution in [0.4, 0.5) is 5.69 Å². The first-order valence-electron chi connectivity index (χ1n) is 8.31. The Labute approximate surface area is 146 Å². The van der Waals surface area contributed by atoms with Crippen molar-refractivity contribution in [2.45, 2.75) is 38.9 Å². The summed E-state index contributed by atoms with van der Waals surface area (Å²) in [5.41, 5.74) is 3.28. The number of benzene rings is 1. The van der Waals surface area contributed by atoms with Gasteiger partial charge in [-0.25, -0.2) is 4.79 Å². The Bertz CT molecular complexity index is 783. The highest BCUT2D eigenvalue weighted by Crippen LogP contribution is 2.33. The lowest BCUT2D eigenvalue weighted by atomic mass is 10.1. The fourth-order valence-corrected chi connectivity index (χ4v) is 3.21. The summed E-state index contributed by atoms with van der Waals surface area (Å²) < 4.78 is 10.0. The van der Waals surface area contributed by atoms with Gasteiger partial charge < -0.3 is 19.4 Å². The van der Waals surface area contributed by atoms with Gasteiger partial charge in [0.05, 0.1) is 13.4 Å². The Morgan fingerprint density at radius 2 is 2.12 bits per heavy atom. The van der Waals surface area contributed by atoms with Crippen LogP contribution in [0.25, 0.3) is 0 Å². The molecule has 1 amide bonds. The third-order valence-electron chi connectivity index (χ3n) is 4.54. The number of nitrogens with one attached hydrogen (secondary N) is 1. The van der Waals surface area contributed by atoms with Crippen LogP contribution >= 0.6 is 0 Å². The predicted molar refractivity (Wildman–Crippen MR) is 93.4 cm³/mol. The average molecular weight is 342 g/mol. The molecule has 0 saturated heterocycles. The maximum atomic E-state index is 12.4. The SMILES string of the molecule is COC(=O)[C@@H](C)NC(=O)c1occc1CN1c2ccccc2CC1C. The molecule has 0 spiro atoms. The minimum Gasteiger partial charge on any atom is -0.467 e. The molecular formula is C19H22N2O4. The lowest BCUT2D eigenvalue weighted by Crippen LogP contribution is -2.39. The lowest BCUT2D eigenvalue weighted by Gasteiger charge is -2.24. The summed E-state index contributed by atoms with van der Waals surface area (Å²) in [6, 6.07) is 9.69. The molecule has 0 fully saturated rings. The summed E-state index contributed by atoms with van der Waals surface area (Å²) in [6.45, 7) is 4.31. The largest absolute Gasteiger partial charge is 0.467 e. The first kappa shape index (κ1) is 17.1. The number of carbonyl (C=O) groups is 2. The molecular weight excluding hydrogens is 320 g/mol. The summed E-state index contributed by atoms with van der Waals surface area (Å²) in [4.78, 5) is 26.2. The summed E-state index contributed by atoms with van der Waals surface area (Å²) in [7, 11) is 1.29. The topological polar surface area (TPSA) is 71.8 Å². The van der Waals surface area contributed by atoms with E-state index < -0.39 is 17.9 Å². The van der Waals surface area contributed by atoms with E-state index in [1.165, 1.54) is 24.6 Å². The highest BCUT2D eigenvalue weighted by Gasteiger charge is 2.28.